The molecule has 0 aliphatic carbocycles. The molecule has 2 aliphatic heterocycles. The number of hydrogen-bond donors (Lipinski definition) is 3. The zero-order chi connectivity index (χ0) is 26.4. The Labute approximate surface area is 232 Å². The Balaban J connectivity index is 1.27. The monoisotopic (exact) mass is 509 g/mol. The van der Waals surface area contributed by atoms with Crippen LogP contribution in [0.2, 0.25) is 0 Å². The maximum Gasteiger partial charge on any atom is 0.252 e. The van der Waals surface area contributed by atoms with Gasteiger partial charge in [0.05, 0.1) is 0 Å². The lowest BCUT2D eigenvalue weighted by atomic mass is 9.34. The fraction of sp³-hybridized carbons (Fsp3) is 0. The summed E-state index contributed by atoms with van der Waals surface area (Å²) in [5.41, 5.74) is 17.8. The number of hydrogen-bond acceptors (Lipinski definition) is 3. The van der Waals surface area contributed by atoms with E-state index in [-0.39, 0.29) is 6.71 Å². The Morgan fingerprint density at radius 1 is 0.500 bits per heavy atom. The molecule has 2 heterocycles. The van der Waals surface area contributed by atoms with Crippen LogP contribution in [0.15, 0.2) is 121 Å². The van der Waals surface area contributed by atoms with Crippen molar-refractivity contribution in [2.75, 3.05) is 16.4 Å². The molecular formula is C36H24BN3. The number of nitrogens with two attached hydrogens (primary N) is 1. The van der Waals surface area contributed by atoms with Crippen LogP contribution in [0, 0.1) is 0 Å². The van der Waals surface area contributed by atoms with Crippen LogP contribution in [0.1, 0.15) is 0 Å². The molecular weight excluding hydrogens is 485 g/mol. The smallest absolute Gasteiger partial charge is 0.252 e. The first-order chi connectivity index (χ1) is 19.7. The highest BCUT2D eigenvalue weighted by atomic mass is 14.9. The van der Waals surface area contributed by atoms with Crippen molar-refractivity contribution in [3.8, 4) is 11.1 Å². The van der Waals surface area contributed by atoms with E-state index in [1.165, 1.54) is 59.8 Å². The molecule has 186 valence electrons. The maximum absolute atomic E-state index is 6.17. The van der Waals surface area contributed by atoms with Crippen LogP contribution in [0.4, 0.5) is 28.4 Å². The van der Waals surface area contributed by atoms with Gasteiger partial charge >= 0.3 is 0 Å². The van der Waals surface area contributed by atoms with Gasteiger partial charge in [0, 0.05) is 28.4 Å². The topological polar surface area (TPSA) is 50.1 Å². The molecule has 0 unspecified atom stereocenters. The third kappa shape index (κ3) is 3.02. The largest absolute Gasteiger partial charge is 0.399 e. The summed E-state index contributed by atoms with van der Waals surface area (Å²) in [6, 6.07) is 44.1. The van der Waals surface area contributed by atoms with Crippen molar-refractivity contribution in [1.29, 1.82) is 0 Å². The molecule has 40 heavy (non-hydrogen) atoms. The number of rotatable bonds is 1. The third-order valence-electron chi connectivity index (χ3n) is 8.72. The Bertz CT molecular complexity index is 2200. The van der Waals surface area contributed by atoms with E-state index >= 15 is 0 Å². The van der Waals surface area contributed by atoms with Gasteiger partial charge in [0.15, 0.2) is 0 Å². The number of nitrogens with one attached hydrogen (secondary N) is 2. The molecule has 2 aliphatic rings. The van der Waals surface area contributed by atoms with Gasteiger partial charge in [0.2, 0.25) is 0 Å². The Kier molecular flexibility index (Phi) is 4.29. The van der Waals surface area contributed by atoms with Crippen molar-refractivity contribution in [2.45, 2.75) is 0 Å². The summed E-state index contributed by atoms with van der Waals surface area (Å²) in [6.07, 6.45) is 0. The standard InChI is InChI=1S/C36H24BN3/c38-26-14-16-30-34(20-26)40-32-10-4-9-31-36(32)37(30)29-15-13-25(19-33(29)39-31)27-8-3-7-21-11-12-24-17-22-5-1-2-6-23(22)18-28(24)35(21)27/h1-20,39-40H,38H2. The molecule has 7 aromatic rings. The molecule has 4 heteroatoms. The van der Waals surface area contributed by atoms with Gasteiger partial charge < -0.3 is 16.4 Å². The molecule has 9 rings (SSSR count). The van der Waals surface area contributed by atoms with Crippen LogP contribution in [-0.4, -0.2) is 6.71 Å². The van der Waals surface area contributed by atoms with Gasteiger partial charge in [0.1, 0.15) is 0 Å². The number of nitrogen functional groups attached to an aromatic ring is 1. The van der Waals surface area contributed by atoms with E-state index in [0.717, 1.165) is 28.4 Å². The van der Waals surface area contributed by atoms with Crippen LogP contribution in [0.3, 0.4) is 0 Å². The summed E-state index contributed by atoms with van der Waals surface area (Å²) in [6.45, 7) is 0.146. The molecule has 3 nitrogen and oxygen atoms in total. The molecule has 0 atom stereocenters. The Hall–Kier alpha value is -5.22. The van der Waals surface area contributed by atoms with Crippen molar-refractivity contribution in [3.63, 3.8) is 0 Å². The van der Waals surface area contributed by atoms with E-state index in [1.54, 1.807) is 0 Å². The van der Waals surface area contributed by atoms with E-state index in [0.29, 0.717) is 0 Å². The molecule has 0 aromatic heterocycles. The van der Waals surface area contributed by atoms with E-state index in [9.17, 15) is 0 Å². The predicted molar refractivity (Wildman–Crippen MR) is 173 cm³/mol. The summed E-state index contributed by atoms with van der Waals surface area (Å²) < 4.78 is 0. The summed E-state index contributed by atoms with van der Waals surface area (Å²) in [7, 11) is 0. The number of benzene rings is 7. The minimum Gasteiger partial charge on any atom is -0.399 e. The van der Waals surface area contributed by atoms with E-state index in [2.05, 4.69) is 120 Å². The zero-order valence-electron chi connectivity index (χ0n) is 21.7. The van der Waals surface area contributed by atoms with Crippen LogP contribution in [-0.2, 0) is 0 Å². The molecule has 4 N–H and O–H groups in total. The van der Waals surface area contributed by atoms with E-state index < -0.39 is 0 Å². The highest BCUT2D eigenvalue weighted by Crippen LogP contribution is 2.38. The molecule has 0 bridgehead atoms. The second kappa shape index (κ2) is 7.90. The quantitative estimate of drug-likeness (QED) is 0.0965. The van der Waals surface area contributed by atoms with E-state index in [1.807, 2.05) is 12.1 Å². The highest BCUT2D eigenvalue weighted by Gasteiger charge is 2.37. The van der Waals surface area contributed by atoms with Crippen LogP contribution < -0.4 is 32.8 Å². The van der Waals surface area contributed by atoms with Gasteiger partial charge in [-0.15, -0.1) is 0 Å². The Morgan fingerprint density at radius 2 is 1.18 bits per heavy atom. The summed E-state index contributed by atoms with van der Waals surface area (Å²) in [4.78, 5) is 0. The first-order valence-corrected chi connectivity index (χ1v) is 13.8. The lowest BCUT2D eigenvalue weighted by Gasteiger charge is -2.35. The molecule has 0 amide bonds. The Morgan fingerprint density at radius 3 is 2.00 bits per heavy atom. The normalized spacial score (nSPS) is 12.9. The molecule has 0 saturated heterocycles. The summed E-state index contributed by atoms with van der Waals surface area (Å²) in [5, 5.41) is 15.0. The SMILES string of the molecule is Nc1ccc2c(c1)Nc1cccc3c1B2c1ccc(-c2cccc4ccc5cc6ccccc6cc5c24)cc1N3. The van der Waals surface area contributed by atoms with Gasteiger partial charge in [-0.25, -0.2) is 0 Å². The molecule has 0 radical (unpaired) electrons. The van der Waals surface area contributed by atoms with Crippen molar-refractivity contribution in [1.82, 2.24) is 0 Å². The molecule has 0 fully saturated rings. The minimum atomic E-state index is 0.146. The van der Waals surface area contributed by atoms with Gasteiger partial charge in [-0.2, -0.15) is 0 Å². The second-order valence-electron chi connectivity index (χ2n) is 11.0. The predicted octanol–water partition coefficient (Wildman–Crippen LogP) is 7.03. The van der Waals surface area contributed by atoms with Crippen LogP contribution in [0.25, 0.3) is 43.4 Å². The van der Waals surface area contributed by atoms with E-state index in [4.69, 9.17) is 5.73 Å². The fourth-order valence-electron chi connectivity index (χ4n) is 6.92. The van der Waals surface area contributed by atoms with Crippen molar-refractivity contribution in [3.05, 3.63) is 121 Å². The maximum atomic E-state index is 6.17. The van der Waals surface area contributed by atoms with Crippen molar-refractivity contribution >= 4 is 83.9 Å². The molecule has 7 aromatic carbocycles. The van der Waals surface area contributed by atoms with Crippen LogP contribution in [0.5, 0.6) is 0 Å². The average molecular weight is 509 g/mol. The lowest BCUT2D eigenvalue weighted by Crippen LogP contribution is -2.59. The first-order valence-electron chi connectivity index (χ1n) is 13.8. The first kappa shape index (κ1) is 21.7. The van der Waals surface area contributed by atoms with Gasteiger partial charge in [0.25, 0.3) is 6.71 Å². The number of anilines is 5. The fourth-order valence-corrected chi connectivity index (χ4v) is 6.92. The van der Waals surface area contributed by atoms with Crippen LogP contribution >= 0.6 is 0 Å². The molecule has 0 spiro atoms. The lowest BCUT2D eigenvalue weighted by molar-refractivity contribution is 1.51. The minimum absolute atomic E-state index is 0.146. The van der Waals surface area contributed by atoms with Crippen molar-refractivity contribution in [2.24, 2.45) is 0 Å². The molecule has 0 saturated carbocycles. The highest BCUT2D eigenvalue weighted by molar-refractivity contribution is 7.00. The van der Waals surface area contributed by atoms with Gasteiger partial charge in [-0.05, 0) is 102 Å². The van der Waals surface area contributed by atoms with Gasteiger partial charge in [-0.3, -0.25) is 0 Å². The van der Waals surface area contributed by atoms with Crippen molar-refractivity contribution < 1.29 is 0 Å². The average Bonchev–Trinajstić information content (AvgIpc) is 2.99. The number of fused-ring (bicyclic) bond motifs is 8. The summed E-state index contributed by atoms with van der Waals surface area (Å²) >= 11 is 0. The second-order valence-corrected chi connectivity index (χ2v) is 11.0. The summed E-state index contributed by atoms with van der Waals surface area (Å²) in [5.74, 6) is 0. The van der Waals surface area contributed by atoms with Gasteiger partial charge in [-0.1, -0.05) is 78.9 Å². The third-order valence-corrected chi connectivity index (χ3v) is 8.72. The zero-order valence-corrected chi connectivity index (χ0v) is 21.7.